The van der Waals surface area contributed by atoms with Crippen LogP contribution in [0.5, 0.6) is 11.5 Å². The molecule has 2 N–H and O–H groups in total. The largest absolute Gasteiger partial charge is 0.508 e. The van der Waals surface area contributed by atoms with Crippen LogP contribution in [0.25, 0.3) is 0 Å². The molecule has 0 saturated carbocycles. The molecule has 0 bridgehead atoms. The quantitative estimate of drug-likeness (QED) is 0.761. The topological polar surface area (TPSA) is 66.8 Å². The average Bonchev–Trinajstić information content (AvgIpc) is 2.19. The number of esters is 1. The number of rotatable bonds is 2. The lowest BCUT2D eigenvalue weighted by Gasteiger charge is -2.07. The first-order valence-corrected chi connectivity index (χ1v) is 5.26. The van der Waals surface area contributed by atoms with E-state index >= 15 is 0 Å². The van der Waals surface area contributed by atoms with Crippen molar-refractivity contribution in [3.8, 4) is 11.5 Å². The third-order valence-electron chi connectivity index (χ3n) is 1.78. The summed E-state index contributed by atoms with van der Waals surface area (Å²) in [5.74, 6) is -0.920. The minimum atomic E-state index is -0.581. The molecule has 0 fully saturated rings. The van der Waals surface area contributed by atoms with Crippen LogP contribution in [0, 0.1) is 6.92 Å². The Morgan fingerprint density at radius 1 is 1.31 bits per heavy atom. The molecule has 0 aromatic heterocycles. The molecule has 0 spiro atoms. The first kappa shape index (κ1) is 14.3. The predicted molar refractivity (Wildman–Crippen MR) is 61.8 cm³/mol. The van der Waals surface area contributed by atoms with Crippen LogP contribution in [-0.4, -0.2) is 22.8 Å². The van der Waals surface area contributed by atoms with E-state index in [0.29, 0.717) is 5.56 Å². The van der Waals surface area contributed by atoms with E-state index in [2.05, 4.69) is 0 Å². The summed E-state index contributed by atoms with van der Waals surface area (Å²) in [6.45, 7) is 7.55. The maximum atomic E-state index is 11.3. The van der Waals surface area contributed by atoms with Gasteiger partial charge < -0.3 is 14.9 Å². The van der Waals surface area contributed by atoms with E-state index in [1.807, 2.05) is 13.8 Å². The third-order valence-corrected chi connectivity index (χ3v) is 1.78. The van der Waals surface area contributed by atoms with Crippen molar-refractivity contribution in [1.29, 1.82) is 0 Å². The Hall–Kier alpha value is -1.71. The van der Waals surface area contributed by atoms with E-state index in [-0.39, 0.29) is 23.7 Å². The van der Waals surface area contributed by atoms with E-state index in [1.165, 1.54) is 6.07 Å². The van der Waals surface area contributed by atoms with E-state index in [1.54, 1.807) is 13.8 Å². The molecule has 4 heteroatoms. The van der Waals surface area contributed by atoms with Gasteiger partial charge in [0.25, 0.3) is 0 Å². The zero-order valence-electron chi connectivity index (χ0n) is 10.1. The number of phenolic OH excluding ortho intramolecular Hbond substituents is 2. The van der Waals surface area contributed by atoms with Crippen LogP contribution < -0.4 is 0 Å². The van der Waals surface area contributed by atoms with Gasteiger partial charge in [0.15, 0.2) is 0 Å². The van der Waals surface area contributed by atoms with Crippen molar-refractivity contribution in [3.05, 3.63) is 23.3 Å². The minimum Gasteiger partial charge on any atom is -0.508 e. The van der Waals surface area contributed by atoms with Gasteiger partial charge in [0.1, 0.15) is 17.1 Å². The smallest absolute Gasteiger partial charge is 0.342 e. The fourth-order valence-electron chi connectivity index (χ4n) is 1.22. The average molecular weight is 226 g/mol. The molecular weight excluding hydrogens is 208 g/mol. The Morgan fingerprint density at radius 3 is 2.31 bits per heavy atom. The summed E-state index contributed by atoms with van der Waals surface area (Å²) in [4.78, 5) is 11.3. The number of hydrogen-bond acceptors (Lipinski definition) is 4. The zero-order chi connectivity index (χ0) is 12.7. The van der Waals surface area contributed by atoms with Gasteiger partial charge in [-0.2, -0.15) is 0 Å². The van der Waals surface area contributed by atoms with Gasteiger partial charge in [-0.1, -0.05) is 13.8 Å². The molecule has 1 aromatic rings. The molecule has 0 aliphatic rings. The summed E-state index contributed by atoms with van der Waals surface area (Å²) in [5.41, 5.74) is 0.589. The third kappa shape index (κ3) is 3.46. The fourth-order valence-corrected chi connectivity index (χ4v) is 1.22. The lowest BCUT2D eigenvalue weighted by Crippen LogP contribution is -2.06. The normalized spacial score (nSPS) is 9.00. The maximum absolute atomic E-state index is 11.3. The monoisotopic (exact) mass is 226 g/mol. The lowest BCUT2D eigenvalue weighted by molar-refractivity contribution is 0.0522. The van der Waals surface area contributed by atoms with Crippen molar-refractivity contribution in [1.82, 2.24) is 0 Å². The Labute approximate surface area is 95.5 Å². The Morgan fingerprint density at radius 2 is 1.88 bits per heavy atom. The van der Waals surface area contributed by atoms with Crippen molar-refractivity contribution >= 4 is 5.97 Å². The number of aryl methyl sites for hydroxylation is 1. The van der Waals surface area contributed by atoms with Gasteiger partial charge in [-0.15, -0.1) is 0 Å². The molecule has 0 atom stereocenters. The summed E-state index contributed by atoms with van der Waals surface area (Å²) < 4.78 is 4.75. The molecular formula is C12H18O4. The molecule has 90 valence electrons. The lowest BCUT2D eigenvalue weighted by atomic mass is 10.1. The molecule has 0 aliphatic carbocycles. The van der Waals surface area contributed by atoms with Gasteiger partial charge >= 0.3 is 5.97 Å². The highest BCUT2D eigenvalue weighted by molar-refractivity contribution is 5.94. The summed E-state index contributed by atoms with van der Waals surface area (Å²) in [6.07, 6.45) is 0. The van der Waals surface area contributed by atoms with Crippen LogP contribution in [0.2, 0.25) is 0 Å². The zero-order valence-corrected chi connectivity index (χ0v) is 10.1. The molecule has 0 heterocycles. The predicted octanol–water partition coefficient (Wildman–Crippen LogP) is 2.61. The minimum absolute atomic E-state index is 0.0759. The van der Waals surface area contributed by atoms with Gasteiger partial charge in [0.05, 0.1) is 6.61 Å². The van der Waals surface area contributed by atoms with E-state index < -0.39 is 5.97 Å². The van der Waals surface area contributed by atoms with Crippen molar-refractivity contribution in [2.75, 3.05) is 6.61 Å². The highest BCUT2D eigenvalue weighted by Gasteiger charge is 2.16. The highest BCUT2D eigenvalue weighted by atomic mass is 16.5. The summed E-state index contributed by atoms with van der Waals surface area (Å²) >= 11 is 0. The number of ether oxygens (including phenoxy) is 1. The molecule has 0 unspecified atom stereocenters. The second kappa shape index (κ2) is 6.71. The molecule has 1 aromatic carbocycles. The summed E-state index contributed by atoms with van der Waals surface area (Å²) in [5, 5.41) is 18.5. The van der Waals surface area contributed by atoms with Crippen LogP contribution in [0.1, 0.15) is 36.7 Å². The number of hydrogen-bond donors (Lipinski definition) is 2. The number of carbonyl (C=O) groups is 1. The molecule has 0 radical (unpaired) electrons. The first-order valence-electron chi connectivity index (χ1n) is 5.26. The van der Waals surface area contributed by atoms with Crippen LogP contribution in [0.15, 0.2) is 12.1 Å². The van der Waals surface area contributed by atoms with Gasteiger partial charge in [-0.25, -0.2) is 4.79 Å². The van der Waals surface area contributed by atoms with Crippen molar-refractivity contribution in [2.24, 2.45) is 0 Å². The van der Waals surface area contributed by atoms with Gasteiger partial charge in [0, 0.05) is 6.07 Å². The Bertz CT molecular complexity index is 335. The van der Waals surface area contributed by atoms with Crippen LogP contribution in [0.3, 0.4) is 0 Å². The standard InChI is InChI=1S/C10H12O4.C2H6/c1-3-14-10(13)9-6(2)4-7(11)5-8(9)12;1-2/h4-5,11-12H,3H2,1-2H3;1-2H3. The van der Waals surface area contributed by atoms with Crippen LogP contribution in [-0.2, 0) is 4.74 Å². The van der Waals surface area contributed by atoms with Crippen molar-refractivity contribution in [3.63, 3.8) is 0 Å². The number of phenols is 2. The van der Waals surface area contributed by atoms with Gasteiger partial charge in [0.2, 0.25) is 0 Å². The SMILES string of the molecule is CC.CCOC(=O)c1c(C)cc(O)cc1O. The Kier molecular flexibility index (Phi) is 6.00. The molecule has 0 amide bonds. The first-order chi connectivity index (χ1) is 7.56. The van der Waals surface area contributed by atoms with Crippen molar-refractivity contribution in [2.45, 2.75) is 27.7 Å². The molecule has 4 nitrogen and oxygen atoms in total. The van der Waals surface area contributed by atoms with E-state index in [9.17, 15) is 9.90 Å². The molecule has 0 saturated heterocycles. The molecule has 0 aliphatic heterocycles. The second-order valence-electron chi connectivity index (χ2n) is 2.88. The number of benzene rings is 1. The molecule has 1 rings (SSSR count). The number of carbonyl (C=O) groups excluding carboxylic acids is 1. The number of aromatic hydroxyl groups is 2. The summed E-state index contributed by atoms with van der Waals surface area (Å²) in [6, 6.07) is 2.51. The van der Waals surface area contributed by atoms with E-state index in [4.69, 9.17) is 9.84 Å². The van der Waals surface area contributed by atoms with E-state index in [0.717, 1.165) is 6.07 Å². The van der Waals surface area contributed by atoms with Crippen LogP contribution >= 0.6 is 0 Å². The van der Waals surface area contributed by atoms with Gasteiger partial charge in [-0.3, -0.25) is 0 Å². The van der Waals surface area contributed by atoms with Crippen LogP contribution in [0.4, 0.5) is 0 Å². The Balaban J connectivity index is 0.00000106. The maximum Gasteiger partial charge on any atom is 0.342 e. The van der Waals surface area contributed by atoms with Crippen molar-refractivity contribution < 1.29 is 19.7 Å². The second-order valence-corrected chi connectivity index (χ2v) is 2.88. The van der Waals surface area contributed by atoms with Gasteiger partial charge in [-0.05, 0) is 25.5 Å². The molecule has 16 heavy (non-hydrogen) atoms. The highest BCUT2D eigenvalue weighted by Crippen LogP contribution is 2.27. The summed E-state index contributed by atoms with van der Waals surface area (Å²) in [7, 11) is 0. The fraction of sp³-hybridized carbons (Fsp3) is 0.417.